The second-order valence-corrected chi connectivity index (χ2v) is 3.80. The SMILES string of the molecule is O=C1C=NC2=C(CCCC2)SN1. The highest BCUT2D eigenvalue weighted by Gasteiger charge is 2.15. The fourth-order valence-corrected chi connectivity index (χ4v) is 2.18. The summed E-state index contributed by atoms with van der Waals surface area (Å²) in [5.41, 5.74) is 1.10. The first-order valence-corrected chi connectivity index (χ1v) is 4.91. The molecule has 1 amide bonds. The summed E-state index contributed by atoms with van der Waals surface area (Å²) >= 11 is 1.43. The van der Waals surface area contributed by atoms with Gasteiger partial charge in [0.1, 0.15) is 0 Å². The zero-order valence-corrected chi connectivity index (χ0v) is 7.49. The number of allylic oxidation sites excluding steroid dienone is 2. The van der Waals surface area contributed by atoms with Crippen LogP contribution in [0.15, 0.2) is 15.6 Å². The Kier molecular flexibility index (Phi) is 2.17. The van der Waals surface area contributed by atoms with Gasteiger partial charge in [-0.05, 0) is 37.6 Å². The van der Waals surface area contributed by atoms with Gasteiger partial charge in [-0.2, -0.15) is 0 Å². The first-order chi connectivity index (χ1) is 5.86. The van der Waals surface area contributed by atoms with Crippen LogP contribution in [0.1, 0.15) is 25.7 Å². The molecule has 0 fully saturated rings. The van der Waals surface area contributed by atoms with Gasteiger partial charge in [0.05, 0.1) is 11.9 Å². The number of carbonyl (C=O) groups is 1. The van der Waals surface area contributed by atoms with Gasteiger partial charge in [-0.25, -0.2) is 0 Å². The summed E-state index contributed by atoms with van der Waals surface area (Å²) in [6.07, 6.45) is 5.88. The van der Waals surface area contributed by atoms with E-state index in [0.29, 0.717) is 0 Å². The minimum Gasteiger partial charge on any atom is -0.291 e. The lowest BCUT2D eigenvalue weighted by Crippen LogP contribution is -2.15. The fourth-order valence-electron chi connectivity index (χ4n) is 1.38. The molecule has 4 heteroatoms. The number of nitrogens with zero attached hydrogens (tertiary/aromatic N) is 1. The van der Waals surface area contributed by atoms with Crippen molar-refractivity contribution in [2.45, 2.75) is 25.7 Å². The van der Waals surface area contributed by atoms with Crippen LogP contribution in [0.5, 0.6) is 0 Å². The molecule has 0 bridgehead atoms. The predicted molar refractivity (Wildman–Crippen MR) is 49.7 cm³/mol. The van der Waals surface area contributed by atoms with Gasteiger partial charge in [-0.1, -0.05) is 0 Å². The lowest BCUT2D eigenvalue weighted by atomic mass is 10.1. The highest BCUT2D eigenvalue weighted by atomic mass is 32.2. The molecule has 2 rings (SSSR count). The molecule has 12 heavy (non-hydrogen) atoms. The van der Waals surface area contributed by atoms with E-state index in [1.165, 1.54) is 35.9 Å². The van der Waals surface area contributed by atoms with Crippen LogP contribution < -0.4 is 4.72 Å². The molecule has 0 aromatic heterocycles. The van der Waals surface area contributed by atoms with E-state index in [2.05, 4.69) is 9.71 Å². The fraction of sp³-hybridized carbons (Fsp3) is 0.500. The average Bonchev–Trinajstić information content (AvgIpc) is 2.29. The van der Waals surface area contributed by atoms with E-state index in [-0.39, 0.29) is 5.91 Å². The minimum absolute atomic E-state index is 0.102. The van der Waals surface area contributed by atoms with Gasteiger partial charge in [-0.3, -0.25) is 14.5 Å². The van der Waals surface area contributed by atoms with Gasteiger partial charge in [0.2, 0.25) is 0 Å². The average molecular weight is 182 g/mol. The molecule has 0 aromatic carbocycles. The van der Waals surface area contributed by atoms with Crippen molar-refractivity contribution in [3.05, 3.63) is 10.6 Å². The summed E-state index contributed by atoms with van der Waals surface area (Å²) in [5.74, 6) is -0.102. The van der Waals surface area contributed by atoms with Crippen LogP contribution in [-0.2, 0) is 4.79 Å². The van der Waals surface area contributed by atoms with E-state index in [9.17, 15) is 4.79 Å². The second kappa shape index (κ2) is 3.31. The van der Waals surface area contributed by atoms with Crippen LogP contribution in [0.25, 0.3) is 0 Å². The van der Waals surface area contributed by atoms with Crippen molar-refractivity contribution < 1.29 is 4.79 Å². The minimum atomic E-state index is -0.102. The largest absolute Gasteiger partial charge is 0.291 e. The van der Waals surface area contributed by atoms with E-state index in [1.54, 1.807) is 0 Å². The van der Waals surface area contributed by atoms with Gasteiger partial charge in [0.15, 0.2) is 0 Å². The summed E-state index contributed by atoms with van der Waals surface area (Å²) in [7, 11) is 0. The van der Waals surface area contributed by atoms with Gasteiger partial charge in [0.25, 0.3) is 5.91 Å². The standard InChI is InChI=1S/C8H10N2OS/c11-8-5-9-6-3-1-2-4-7(6)12-10-8/h5H,1-4H2,(H,10,11). The molecule has 0 aromatic rings. The molecule has 0 saturated carbocycles. The summed E-state index contributed by atoms with van der Waals surface area (Å²) < 4.78 is 2.71. The predicted octanol–water partition coefficient (Wildman–Crippen LogP) is 1.62. The summed E-state index contributed by atoms with van der Waals surface area (Å²) in [4.78, 5) is 16.3. The molecule has 0 radical (unpaired) electrons. The van der Waals surface area contributed by atoms with Crippen molar-refractivity contribution >= 4 is 24.1 Å². The smallest absolute Gasteiger partial charge is 0.272 e. The maximum Gasteiger partial charge on any atom is 0.272 e. The number of rotatable bonds is 0. The van der Waals surface area contributed by atoms with Crippen LogP contribution in [0.2, 0.25) is 0 Å². The topological polar surface area (TPSA) is 41.5 Å². The third-order valence-electron chi connectivity index (χ3n) is 2.00. The van der Waals surface area contributed by atoms with Crippen LogP contribution in [0.4, 0.5) is 0 Å². The van der Waals surface area contributed by atoms with Crippen LogP contribution >= 0.6 is 11.9 Å². The summed E-state index contributed by atoms with van der Waals surface area (Å²) in [6, 6.07) is 0. The van der Waals surface area contributed by atoms with Crippen molar-refractivity contribution in [1.29, 1.82) is 0 Å². The van der Waals surface area contributed by atoms with Crippen LogP contribution in [0, 0.1) is 0 Å². The zero-order valence-electron chi connectivity index (χ0n) is 6.67. The molecule has 1 N–H and O–H groups in total. The van der Waals surface area contributed by atoms with Crippen molar-refractivity contribution in [3.8, 4) is 0 Å². The van der Waals surface area contributed by atoms with Crippen molar-refractivity contribution in [3.63, 3.8) is 0 Å². The molecule has 1 aliphatic carbocycles. The number of carbonyl (C=O) groups excluding carboxylic acids is 1. The molecule has 2 aliphatic rings. The lowest BCUT2D eigenvalue weighted by molar-refractivity contribution is -0.112. The number of hydrogen-bond acceptors (Lipinski definition) is 3. The number of aliphatic imine (C=N–C) groups is 1. The number of nitrogens with one attached hydrogen (secondary N) is 1. The van der Waals surface area contributed by atoms with Crippen molar-refractivity contribution in [2.75, 3.05) is 0 Å². The maximum atomic E-state index is 10.9. The Labute approximate surface area is 75.5 Å². The first-order valence-electron chi connectivity index (χ1n) is 4.09. The van der Waals surface area contributed by atoms with Gasteiger partial charge in [0, 0.05) is 4.91 Å². The van der Waals surface area contributed by atoms with E-state index >= 15 is 0 Å². The van der Waals surface area contributed by atoms with E-state index < -0.39 is 0 Å². The van der Waals surface area contributed by atoms with Crippen LogP contribution in [0.3, 0.4) is 0 Å². The highest BCUT2D eigenvalue weighted by molar-refractivity contribution is 8.01. The molecule has 0 spiro atoms. The normalized spacial score (nSPS) is 23.2. The quantitative estimate of drug-likeness (QED) is 0.578. The Hall–Kier alpha value is -0.770. The Morgan fingerprint density at radius 1 is 1.42 bits per heavy atom. The molecule has 3 nitrogen and oxygen atoms in total. The molecule has 1 aliphatic heterocycles. The number of hydrogen-bond donors (Lipinski definition) is 1. The summed E-state index contributed by atoms with van der Waals surface area (Å²) in [5, 5.41) is 0. The van der Waals surface area contributed by atoms with E-state index in [4.69, 9.17) is 0 Å². The molecule has 64 valence electrons. The Morgan fingerprint density at radius 3 is 3.17 bits per heavy atom. The van der Waals surface area contributed by atoms with E-state index in [1.807, 2.05) is 0 Å². The zero-order chi connectivity index (χ0) is 8.39. The Balaban J connectivity index is 2.23. The second-order valence-electron chi connectivity index (χ2n) is 2.90. The molecule has 1 heterocycles. The Bertz CT molecular complexity index is 270. The van der Waals surface area contributed by atoms with Gasteiger partial charge in [-0.15, -0.1) is 0 Å². The summed E-state index contributed by atoms with van der Waals surface area (Å²) in [6.45, 7) is 0. The number of amides is 1. The third kappa shape index (κ3) is 1.53. The van der Waals surface area contributed by atoms with Gasteiger partial charge < -0.3 is 0 Å². The lowest BCUT2D eigenvalue weighted by Gasteiger charge is -2.13. The van der Waals surface area contributed by atoms with E-state index in [0.717, 1.165) is 18.5 Å². The molecule has 0 saturated heterocycles. The maximum absolute atomic E-state index is 10.9. The molecule has 0 atom stereocenters. The molecular formula is C8H10N2OS. The van der Waals surface area contributed by atoms with Crippen LogP contribution in [-0.4, -0.2) is 12.1 Å². The molecular weight excluding hydrogens is 172 g/mol. The van der Waals surface area contributed by atoms with Crippen molar-refractivity contribution in [2.24, 2.45) is 4.99 Å². The van der Waals surface area contributed by atoms with Gasteiger partial charge >= 0.3 is 0 Å². The third-order valence-corrected chi connectivity index (χ3v) is 2.99. The highest BCUT2D eigenvalue weighted by Crippen LogP contribution is 2.32. The Morgan fingerprint density at radius 2 is 2.25 bits per heavy atom. The molecule has 0 unspecified atom stereocenters. The monoisotopic (exact) mass is 182 g/mol. The first kappa shape index (κ1) is 7.86. The van der Waals surface area contributed by atoms with Crippen molar-refractivity contribution in [1.82, 2.24) is 4.72 Å².